The minimum Gasteiger partial charge on any atom is -0.480 e. The molecule has 2 unspecified atom stereocenters. The van der Waals surface area contributed by atoms with Crippen molar-refractivity contribution in [3.63, 3.8) is 0 Å². The molecule has 148 valence electrons. The average Bonchev–Trinajstić information content (AvgIpc) is 2.97. The number of benzene rings is 2. The smallest absolute Gasteiger partial charge is 0.408 e. The maximum Gasteiger partial charge on any atom is 0.408 e. The van der Waals surface area contributed by atoms with Crippen molar-refractivity contribution in [2.45, 2.75) is 42.7 Å². The summed E-state index contributed by atoms with van der Waals surface area (Å²) in [7, 11) is 0. The molecule has 2 atom stereocenters. The molecule has 0 bridgehead atoms. The van der Waals surface area contributed by atoms with Gasteiger partial charge in [0, 0.05) is 13.0 Å². The zero-order chi connectivity index (χ0) is 20.5. The lowest BCUT2D eigenvalue weighted by Crippen LogP contribution is -2.50. The Bertz CT molecular complexity index is 868. The minimum absolute atomic E-state index is 0.151. The second-order valence-corrected chi connectivity index (χ2v) is 9.69. The van der Waals surface area contributed by atoms with Gasteiger partial charge in [-0.2, -0.15) is 0 Å². The largest absolute Gasteiger partial charge is 0.480 e. The van der Waals surface area contributed by atoms with E-state index < -0.39 is 22.3 Å². The molecular weight excluding hydrogens is 374 g/mol. The van der Waals surface area contributed by atoms with Crippen molar-refractivity contribution in [1.82, 2.24) is 4.90 Å². The van der Waals surface area contributed by atoms with Crippen LogP contribution in [0.15, 0.2) is 54.6 Å². The number of rotatable bonds is 5. The van der Waals surface area contributed by atoms with Gasteiger partial charge in [-0.05, 0) is 28.9 Å². The molecule has 0 radical (unpaired) electrons. The van der Waals surface area contributed by atoms with Gasteiger partial charge in [-0.1, -0.05) is 68.4 Å². The molecule has 28 heavy (non-hydrogen) atoms. The van der Waals surface area contributed by atoms with Crippen LogP contribution in [0.2, 0.25) is 0 Å². The van der Waals surface area contributed by atoms with Crippen LogP contribution in [0, 0.1) is 0 Å². The third-order valence-corrected chi connectivity index (χ3v) is 6.74. The summed E-state index contributed by atoms with van der Waals surface area (Å²) < 4.78 is -0.602. The van der Waals surface area contributed by atoms with Crippen molar-refractivity contribution in [2.24, 2.45) is 0 Å². The van der Waals surface area contributed by atoms with E-state index in [1.54, 1.807) is 11.8 Å². The Morgan fingerprint density at radius 2 is 1.57 bits per heavy atom. The molecule has 6 heteroatoms. The third kappa shape index (κ3) is 3.61. The Hall–Kier alpha value is -2.47. The van der Waals surface area contributed by atoms with E-state index in [0.717, 1.165) is 21.6 Å². The molecular formula is C22H25NO4S. The highest BCUT2D eigenvalue weighted by atomic mass is 32.2. The zero-order valence-corrected chi connectivity index (χ0v) is 17.1. The fourth-order valence-corrected chi connectivity index (χ4v) is 5.74. The molecule has 0 aliphatic carbocycles. The first-order chi connectivity index (χ1) is 13.2. The van der Waals surface area contributed by atoms with Gasteiger partial charge >= 0.3 is 12.1 Å². The van der Waals surface area contributed by atoms with Crippen LogP contribution in [0.25, 0.3) is 11.1 Å². The Kier molecular flexibility index (Phi) is 5.44. The lowest BCUT2D eigenvalue weighted by atomic mass is 9.88. The summed E-state index contributed by atoms with van der Waals surface area (Å²) >= 11 is 1.64. The van der Waals surface area contributed by atoms with Crippen molar-refractivity contribution >= 4 is 23.8 Å². The summed E-state index contributed by atoms with van der Waals surface area (Å²) in [5, 5.41) is 19.7. The molecule has 5 nitrogen and oxygen atoms in total. The van der Waals surface area contributed by atoms with Crippen LogP contribution in [0.3, 0.4) is 0 Å². The van der Waals surface area contributed by atoms with Crippen LogP contribution in [0.1, 0.15) is 32.8 Å². The molecule has 1 fully saturated rings. The molecule has 1 aliphatic heterocycles. The van der Waals surface area contributed by atoms with Gasteiger partial charge in [0.05, 0.1) is 4.75 Å². The predicted molar refractivity (Wildman–Crippen MR) is 112 cm³/mol. The Morgan fingerprint density at radius 1 is 1.00 bits per heavy atom. The van der Waals surface area contributed by atoms with Crippen LogP contribution in [0.5, 0.6) is 0 Å². The highest BCUT2D eigenvalue weighted by Gasteiger charge is 2.58. The van der Waals surface area contributed by atoms with Gasteiger partial charge < -0.3 is 10.2 Å². The van der Waals surface area contributed by atoms with E-state index in [4.69, 9.17) is 0 Å². The summed E-state index contributed by atoms with van der Waals surface area (Å²) in [4.78, 5) is 24.9. The molecule has 2 N–H and O–H groups in total. The van der Waals surface area contributed by atoms with Gasteiger partial charge in [-0.15, -0.1) is 11.8 Å². The van der Waals surface area contributed by atoms with Crippen molar-refractivity contribution in [1.29, 1.82) is 0 Å². The Balaban J connectivity index is 2.03. The summed E-state index contributed by atoms with van der Waals surface area (Å²) in [5.41, 5.74) is 1.69. The van der Waals surface area contributed by atoms with Crippen molar-refractivity contribution in [3.05, 3.63) is 60.2 Å². The van der Waals surface area contributed by atoms with E-state index in [1.165, 1.54) is 6.92 Å². The predicted octanol–water partition coefficient (Wildman–Crippen LogP) is 4.92. The SMILES string of the molecule is CC(C)SC1(c2ccc(-c3ccccc3)cc2)CN(C(=O)O)C(C)(C(=O)O)C1. The van der Waals surface area contributed by atoms with E-state index in [0.29, 0.717) is 0 Å². The van der Waals surface area contributed by atoms with Crippen molar-refractivity contribution in [3.8, 4) is 11.1 Å². The van der Waals surface area contributed by atoms with Crippen LogP contribution in [-0.4, -0.2) is 44.5 Å². The van der Waals surface area contributed by atoms with Gasteiger partial charge in [-0.3, -0.25) is 4.90 Å². The number of hydrogen-bond acceptors (Lipinski definition) is 3. The number of amides is 1. The number of carbonyl (C=O) groups is 2. The number of nitrogens with zero attached hydrogens (tertiary/aromatic N) is 1. The molecule has 1 aliphatic rings. The molecule has 0 spiro atoms. The fourth-order valence-electron chi connectivity index (χ4n) is 4.00. The molecule has 0 saturated carbocycles. The second-order valence-electron chi connectivity index (χ2n) is 7.73. The number of carboxylic acid groups (broad SMARTS) is 2. The molecule has 2 aromatic rings. The topological polar surface area (TPSA) is 77.8 Å². The third-order valence-electron chi connectivity index (χ3n) is 5.31. The van der Waals surface area contributed by atoms with Crippen molar-refractivity contribution in [2.75, 3.05) is 6.54 Å². The Morgan fingerprint density at radius 3 is 2.04 bits per heavy atom. The molecule has 2 aromatic carbocycles. The van der Waals surface area contributed by atoms with Gasteiger partial charge in [0.15, 0.2) is 0 Å². The van der Waals surface area contributed by atoms with Gasteiger partial charge in [-0.25, -0.2) is 9.59 Å². The summed E-state index contributed by atoms with van der Waals surface area (Å²) in [6, 6.07) is 18.1. The van der Waals surface area contributed by atoms with Crippen LogP contribution in [-0.2, 0) is 9.54 Å². The fraction of sp³-hybridized carbons (Fsp3) is 0.364. The molecule has 1 amide bonds. The lowest BCUT2D eigenvalue weighted by Gasteiger charge is -2.31. The highest BCUT2D eigenvalue weighted by Crippen LogP contribution is 2.52. The number of aliphatic carboxylic acids is 1. The first kappa shape index (κ1) is 20.3. The molecule has 3 rings (SSSR count). The molecule has 0 aromatic heterocycles. The quantitative estimate of drug-likeness (QED) is 0.746. The number of thioether (sulfide) groups is 1. The van der Waals surface area contributed by atoms with E-state index in [9.17, 15) is 19.8 Å². The van der Waals surface area contributed by atoms with Crippen LogP contribution < -0.4 is 0 Å². The van der Waals surface area contributed by atoms with Crippen molar-refractivity contribution < 1.29 is 19.8 Å². The summed E-state index contributed by atoms with van der Waals surface area (Å²) in [6.45, 7) is 5.75. The van der Waals surface area contributed by atoms with Gasteiger partial charge in [0.1, 0.15) is 5.54 Å². The van der Waals surface area contributed by atoms with Crippen LogP contribution >= 0.6 is 11.8 Å². The summed E-state index contributed by atoms with van der Waals surface area (Å²) in [6.07, 6.45) is -0.966. The zero-order valence-electron chi connectivity index (χ0n) is 16.3. The van der Waals surface area contributed by atoms with E-state index >= 15 is 0 Å². The maximum absolute atomic E-state index is 12.0. The first-order valence-electron chi connectivity index (χ1n) is 9.26. The number of likely N-dealkylation sites (tertiary alicyclic amines) is 1. The second kappa shape index (κ2) is 7.51. The highest BCUT2D eigenvalue weighted by molar-refractivity contribution is 8.00. The maximum atomic E-state index is 12.0. The van der Waals surface area contributed by atoms with E-state index in [-0.39, 0.29) is 18.2 Å². The standard InChI is InChI=1S/C22H25NO4S/c1-15(2)28-22(13-21(3,19(24)25)23(14-22)20(26)27)18-11-9-17(10-12-18)16-7-5-4-6-8-16/h4-12,15H,13-14H2,1-3H3,(H,24,25)(H,26,27). The first-order valence-corrected chi connectivity index (χ1v) is 10.1. The molecule has 1 saturated heterocycles. The number of hydrogen-bond donors (Lipinski definition) is 2. The van der Waals surface area contributed by atoms with Gasteiger partial charge in [0.25, 0.3) is 0 Å². The summed E-state index contributed by atoms with van der Waals surface area (Å²) in [5.74, 6) is -1.11. The van der Waals surface area contributed by atoms with E-state index in [2.05, 4.69) is 0 Å². The van der Waals surface area contributed by atoms with E-state index in [1.807, 2.05) is 68.4 Å². The van der Waals surface area contributed by atoms with Crippen LogP contribution in [0.4, 0.5) is 4.79 Å². The number of carboxylic acids is 1. The monoisotopic (exact) mass is 399 g/mol. The average molecular weight is 400 g/mol. The minimum atomic E-state index is -1.45. The lowest BCUT2D eigenvalue weighted by molar-refractivity contribution is -0.147. The normalized spacial score (nSPS) is 24.5. The Labute approximate surface area is 169 Å². The van der Waals surface area contributed by atoms with Gasteiger partial charge in [0.2, 0.25) is 0 Å². The molecule has 1 heterocycles.